The van der Waals surface area contributed by atoms with Crippen molar-refractivity contribution in [2.24, 2.45) is 22.7 Å². The summed E-state index contributed by atoms with van der Waals surface area (Å²) in [6.45, 7) is 0. The van der Waals surface area contributed by atoms with E-state index in [0.717, 1.165) is 29.7 Å². The largest absolute Gasteiger partial charge is 0.377 e. The summed E-state index contributed by atoms with van der Waals surface area (Å²) >= 11 is 3.11. The van der Waals surface area contributed by atoms with Gasteiger partial charge in [-0.2, -0.15) is 5.10 Å². The lowest BCUT2D eigenvalue weighted by molar-refractivity contribution is 0.569. The smallest absolute Gasteiger partial charge is 0.203 e. The molecule has 2 aliphatic rings. The number of nitrogens with two attached hydrogens (primary N) is 2. The van der Waals surface area contributed by atoms with E-state index in [-0.39, 0.29) is 0 Å². The topological polar surface area (TPSA) is 102 Å². The quantitative estimate of drug-likeness (QED) is 0.739. The molecule has 0 amide bonds. The van der Waals surface area contributed by atoms with Gasteiger partial charge in [0.1, 0.15) is 5.01 Å². The monoisotopic (exact) mass is 270 g/mol. The Morgan fingerprint density at radius 1 is 1.29 bits per heavy atom. The van der Waals surface area contributed by atoms with Crippen molar-refractivity contribution in [3.05, 3.63) is 5.01 Å². The summed E-state index contributed by atoms with van der Waals surface area (Å²) in [5.41, 5.74) is 14.2. The number of aromatic nitrogens is 2. The third-order valence-corrected chi connectivity index (χ3v) is 4.78. The summed E-state index contributed by atoms with van der Waals surface area (Å²) in [6.07, 6.45) is 3.39. The zero-order valence-corrected chi connectivity index (χ0v) is 10.8. The summed E-state index contributed by atoms with van der Waals surface area (Å²) in [6, 6.07) is 0. The Morgan fingerprint density at radius 3 is 2.82 bits per heavy atom. The molecule has 1 aromatic heterocycles. The second-order valence-electron chi connectivity index (χ2n) is 4.42. The van der Waals surface area contributed by atoms with E-state index in [4.69, 9.17) is 11.5 Å². The van der Waals surface area contributed by atoms with Gasteiger partial charge in [0.25, 0.3) is 0 Å². The molecule has 1 fully saturated rings. The first-order chi connectivity index (χ1) is 8.20. The Hall–Kier alpha value is -1.02. The number of rotatable bonds is 4. The van der Waals surface area contributed by atoms with Gasteiger partial charge >= 0.3 is 0 Å². The van der Waals surface area contributed by atoms with Crippen LogP contribution in [0.4, 0.5) is 5.13 Å². The number of nitrogen functional groups attached to an aromatic ring is 1. The molecule has 0 aromatic carbocycles. The molecular weight excluding hydrogens is 256 g/mol. The van der Waals surface area contributed by atoms with Gasteiger partial charge in [-0.25, -0.2) is 0 Å². The normalized spacial score (nSPS) is 31.1. The molecule has 5 N–H and O–H groups in total. The summed E-state index contributed by atoms with van der Waals surface area (Å²) in [7, 11) is 0. The zero-order chi connectivity index (χ0) is 11.8. The summed E-state index contributed by atoms with van der Waals surface area (Å²) in [5, 5.41) is 14.5. The van der Waals surface area contributed by atoms with Crippen molar-refractivity contribution < 1.29 is 0 Å². The van der Waals surface area contributed by atoms with E-state index < -0.39 is 0 Å². The van der Waals surface area contributed by atoms with Crippen LogP contribution in [0.3, 0.4) is 0 Å². The maximum Gasteiger partial charge on any atom is 0.203 e. The summed E-state index contributed by atoms with van der Waals surface area (Å²) in [5.74, 6) is 1.48. The van der Waals surface area contributed by atoms with Crippen LogP contribution in [-0.4, -0.2) is 20.7 Å². The molecule has 0 bridgehead atoms. The number of amidine groups is 1. The van der Waals surface area contributed by atoms with Crippen LogP contribution in [0.15, 0.2) is 5.10 Å². The molecule has 92 valence electrons. The summed E-state index contributed by atoms with van der Waals surface area (Å²) < 4.78 is 0. The first-order valence-electron chi connectivity index (χ1n) is 5.54. The SMILES string of the molecule is NC1=NNC(CC2CC2Cc2nnc(N)s2)S1. The molecule has 1 saturated carbocycles. The zero-order valence-electron chi connectivity index (χ0n) is 9.17. The first kappa shape index (κ1) is 11.1. The molecule has 1 aliphatic carbocycles. The molecule has 1 aromatic rings. The molecule has 6 nitrogen and oxygen atoms in total. The fraction of sp³-hybridized carbons (Fsp3) is 0.667. The minimum Gasteiger partial charge on any atom is -0.377 e. The van der Waals surface area contributed by atoms with Crippen molar-refractivity contribution in [1.29, 1.82) is 0 Å². The van der Waals surface area contributed by atoms with Crippen molar-refractivity contribution in [3.8, 4) is 0 Å². The van der Waals surface area contributed by atoms with E-state index in [0.29, 0.717) is 15.7 Å². The lowest BCUT2D eigenvalue weighted by Crippen LogP contribution is -2.16. The van der Waals surface area contributed by atoms with Gasteiger partial charge in [0, 0.05) is 6.42 Å². The van der Waals surface area contributed by atoms with Crippen molar-refractivity contribution in [2.45, 2.75) is 24.6 Å². The Morgan fingerprint density at radius 2 is 2.18 bits per heavy atom. The number of hydrogen-bond donors (Lipinski definition) is 3. The third-order valence-electron chi connectivity index (χ3n) is 3.09. The van der Waals surface area contributed by atoms with Gasteiger partial charge in [0.2, 0.25) is 5.13 Å². The van der Waals surface area contributed by atoms with Crippen LogP contribution >= 0.6 is 23.1 Å². The van der Waals surface area contributed by atoms with Crippen LogP contribution in [0.2, 0.25) is 0 Å². The van der Waals surface area contributed by atoms with Crippen molar-refractivity contribution >= 4 is 33.4 Å². The van der Waals surface area contributed by atoms with E-state index in [9.17, 15) is 0 Å². The number of nitrogens with zero attached hydrogens (tertiary/aromatic N) is 3. The van der Waals surface area contributed by atoms with Gasteiger partial charge in [-0.1, -0.05) is 23.1 Å². The number of hydrogen-bond acceptors (Lipinski definition) is 8. The van der Waals surface area contributed by atoms with Gasteiger partial charge in [0.15, 0.2) is 5.17 Å². The Balaban J connectivity index is 1.44. The van der Waals surface area contributed by atoms with Crippen LogP contribution in [0, 0.1) is 11.8 Å². The van der Waals surface area contributed by atoms with Crippen molar-refractivity contribution in [2.75, 3.05) is 5.73 Å². The average molecular weight is 270 g/mol. The highest BCUT2D eigenvalue weighted by molar-refractivity contribution is 8.14. The Kier molecular flexibility index (Phi) is 2.83. The van der Waals surface area contributed by atoms with Gasteiger partial charge in [-0.05, 0) is 24.7 Å². The van der Waals surface area contributed by atoms with Crippen LogP contribution < -0.4 is 16.9 Å². The van der Waals surface area contributed by atoms with E-state index in [1.54, 1.807) is 11.8 Å². The molecule has 0 saturated heterocycles. The highest BCUT2D eigenvalue weighted by atomic mass is 32.2. The molecule has 2 heterocycles. The standard InChI is InChI=1S/C9H14N6S2/c10-8-14-12-6(16-8)2-4-1-5(4)3-7-13-15-9(11)17-7/h4-6,12H,1-3H2,(H2,10,14)(H2,11,15). The van der Waals surface area contributed by atoms with Gasteiger partial charge in [0.05, 0.1) is 5.37 Å². The van der Waals surface area contributed by atoms with E-state index in [1.165, 1.54) is 17.8 Å². The second kappa shape index (κ2) is 4.34. The van der Waals surface area contributed by atoms with Gasteiger partial charge < -0.3 is 11.5 Å². The van der Waals surface area contributed by atoms with Crippen molar-refractivity contribution in [1.82, 2.24) is 15.6 Å². The molecule has 8 heteroatoms. The highest BCUT2D eigenvalue weighted by Gasteiger charge is 2.40. The van der Waals surface area contributed by atoms with Crippen LogP contribution in [0.5, 0.6) is 0 Å². The molecule has 3 rings (SSSR count). The van der Waals surface area contributed by atoms with E-state index in [2.05, 4.69) is 20.7 Å². The average Bonchev–Trinajstić information content (AvgIpc) is 2.67. The van der Waals surface area contributed by atoms with Crippen molar-refractivity contribution in [3.63, 3.8) is 0 Å². The number of anilines is 1. The lowest BCUT2D eigenvalue weighted by Gasteiger charge is -2.07. The molecule has 3 atom stereocenters. The fourth-order valence-electron chi connectivity index (χ4n) is 2.13. The van der Waals surface area contributed by atoms with Crippen LogP contribution in [0.25, 0.3) is 0 Å². The number of thioether (sulfide) groups is 1. The molecule has 1 aliphatic heterocycles. The second-order valence-corrected chi connectivity index (χ2v) is 6.73. The van der Waals surface area contributed by atoms with E-state index in [1.807, 2.05) is 0 Å². The number of nitrogens with one attached hydrogen (secondary N) is 1. The molecular formula is C9H14N6S2. The fourth-order valence-corrected chi connectivity index (χ4v) is 3.68. The summed E-state index contributed by atoms with van der Waals surface area (Å²) in [4.78, 5) is 0. The maximum atomic E-state index is 5.60. The van der Waals surface area contributed by atoms with Gasteiger partial charge in [-0.15, -0.1) is 10.2 Å². The number of hydrazone groups is 1. The van der Waals surface area contributed by atoms with Crippen LogP contribution in [-0.2, 0) is 6.42 Å². The minimum absolute atomic E-state index is 0.351. The van der Waals surface area contributed by atoms with Gasteiger partial charge in [-0.3, -0.25) is 5.43 Å². The Bertz CT molecular complexity index is 444. The minimum atomic E-state index is 0.351. The van der Waals surface area contributed by atoms with E-state index >= 15 is 0 Å². The molecule has 3 unspecified atom stereocenters. The lowest BCUT2D eigenvalue weighted by atomic mass is 10.2. The molecule has 17 heavy (non-hydrogen) atoms. The first-order valence-corrected chi connectivity index (χ1v) is 7.23. The Labute approximate surface area is 107 Å². The third kappa shape index (κ3) is 2.63. The van der Waals surface area contributed by atoms with Crippen LogP contribution in [0.1, 0.15) is 17.8 Å². The highest BCUT2D eigenvalue weighted by Crippen LogP contribution is 2.46. The maximum absolute atomic E-state index is 5.60. The predicted molar refractivity (Wildman–Crippen MR) is 70.4 cm³/mol. The predicted octanol–water partition coefficient (Wildman–Crippen LogP) is 0.581. The molecule has 0 spiro atoms. The molecule has 0 radical (unpaired) electrons.